The summed E-state index contributed by atoms with van der Waals surface area (Å²) in [7, 11) is 0. The van der Waals surface area contributed by atoms with E-state index < -0.39 is 0 Å². The maximum absolute atomic E-state index is 12.6. The van der Waals surface area contributed by atoms with Crippen molar-refractivity contribution < 1.29 is 9.59 Å². The van der Waals surface area contributed by atoms with E-state index in [4.69, 9.17) is 5.26 Å². The van der Waals surface area contributed by atoms with Crippen LogP contribution in [0.15, 0.2) is 28.7 Å². The van der Waals surface area contributed by atoms with Gasteiger partial charge in [-0.05, 0) is 31.0 Å². The number of hydrogen-bond donors (Lipinski definition) is 0. The number of carbonyl (C=O) groups is 2. The number of nitriles is 1. The molecule has 120 valence electrons. The summed E-state index contributed by atoms with van der Waals surface area (Å²) in [6.07, 6.45) is 1.74. The van der Waals surface area contributed by atoms with Gasteiger partial charge in [0, 0.05) is 42.1 Å². The van der Waals surface area contributed by atoms with Crippen LogP contribution in [-0.4, -0.2) is 36.3 Å². The van der Waals surface area contributed by atoms with Gasteiger partial charge in [-0.25, -0.2) is 0 Å². The Hall–Kier alpha value is -1.87. The molecule has 0 aromatic heterocycles. The van der Waals surface area contributed by atoms with Crippen LogP contribution in [0.2, 0.25) is 0 Å². The Morgan fingerprint density at radius 1 is 1.30 bits per heavy atom. The summed E-state index contributed by atoms with van der Waals surface area (Å²) >= 11 is 3.41. The van der Waals surface area contributed by atoms with E-state index >= 15 is 0 Å². The van der Waals surface area contributed by atoms with Gasteiger partial charge in [0.2, 0.25) is 11.8 Å². The monoisotopic (exact) mass is 375 g/mol. The topological polar surface area (TPSA) is 64.4 Å². The molecule has 2 aliphatic heterocycles. The third-order valence-electron chi connectivity index (χ3n) is 4.58. The molecule has 0 N–H and O–H groups in total. The highest BCUT2D eigenvalue weighted by Crippen LogP contribution is 2.29. The molecule has 1 unspecified atom stereocenters. The SMILES string of the molecule is N#CC1CCN(C(=O)C2CC(=O)N(c3cccc(Br)c3)C2)CC1. The van der Waals surface area contributed by atoms with Crippen molar-refractivity contribution in [3.8, 4) is 6.07 Å². The molecule has 3 rings (SSSR count). The van der Waals surface area contributed by atoms with E-state index in [0.29, 0.717) is 19.6 Å². The summed E-state index contributed by atoms with van der Waals surface area (Å²) in [6, 6.07) is 9.84. The predicted octanol–water partition coefficient (Wildman–Crippen LogP) is 2.56. The quantitative estimate of drug-likeness (QED) is 0.797. The molecule has 2 fully saturated rings. The normalized spacial score (nSPS) is 22.3. The number of piperidine rings is 1. The van der Waals surface area contributed by atoms with Crippen LogP contribution >= 0.6 is 15.9 Å². The van der Waals surface area contributed by atoms with E-state index in [1.54, 1.807) is 4.90 Å². The van der Waals surface area contributed by atoms with Crippen molar-refractivity contribution in [3.05, 3.63) is 28.7 Å². The Kier molecular flexibility index (Phi) is 4.67. The highest BCUT2D eigenvalue weighted by molar-refractivity contribution is 9.10. The van der Waals surface area contributed by atoms with Crippen molar-refractivity contribution >= 4 is 33.4 Å². The Balaban J connectivity index is 1.66. The number of benzene rings is 1. The lowest BCUT2D eigenvalue weighted by Crippen LogP contribution is -2.42. The fourth-order valence-corrected chi connectivity index (χ4v) is 3.64. The first-order valence-corrected chi connectivity index (χ1v) is 8.62. The maximum atomic E-state index is 12.6. The minimum absolute atomic E-state index is 0.00615. The maximum Gasteiger partial charge on any atom is 0.228 e. The number of amides is 2. The Bertz CT molecular complexity index is 662. The van der Waals surface area contributed by atoms with Crippen molar-refractivity contribution in [2.45, 2.75) is 19.3 Å². The number of anilines is 1. The van der Waals surface area contributed by atoms with E-state index in [1.165, 1.54) is 0 Å². The number of rotatable bonds is 2. The first-order chi connectivity index (χ1) is 11.1. The molecule has 6 heteroatoms. The zero-order valence-corrected chi connectivity index (χ0v) is 14.3. The third kappa shape index (κ3) is 3.40. The van der Waals surface area contributed by atoms with Gasteiger partial charge in [-0.3, -0.25) is 9.59 Å². The molecule has 2 heterocycles. The summed E-state index contributed by atoms with van der Waals surface area (Å²) in [5, 5.41) is 8.94. The van der Waals surface area contributed by atoms with Crippen molar-refractivity contribution in [1.82, 2.24) is 4.90 Å². The first kappa shape index (κ1) is 16.0. The van der Waals surface area contributed by atoms with E-state index in [1.807, 2.05) is 29.2 Å². The molecule has 2 saturated heterocycles. The lowest BCUT2D eigenvalue weighted by molar-refractivity contribution is -0.136. The minimum atomic E-state index is -0.278. The highest BCUT2D eigenvalue weighted by atomic mass is 79.9. The Morgan fingerprint density at radius 3 is 2.70 bits per heavy atom. The molecule has 0 aliphatic carbocycles. The average Bonchev–Trinajstić information content (AvgIpc) is 2.96. The standard InChI is InChI=1S/C17H18BrN3O2/c18-14-2-1-3-15(9-14)21-11-13(8-16(21)22)17(23)20-6-4-12(10-19)5-7-20/h1-3,9,12-13H,4-8,11H2. The van der Waals surface area contributed by atoms with E-state index in [-0.39, 0.29) is 30.1 Å². The van der Waals surface area contributed by atoms with Gasteiger partial charge in [0.05, 0.1) is 12.0 Å². The van der Waals surface area contributed by atoms with E-state index in [9.17, 15) is 9.59 Å². The minimum Gasteiger partial charge on any atom is -0.342 e. The predicted molar refractivity (Wildman–Crippen MR) is 89.5 cm³/mol. The summed E-state index contributed by atoms with van der Waals surface area (Å²) in [6.45, 7) is 1.68. The zero-order chi connectivity index (χ0) is 16.4. The number of carbonyl (C=O) groups excluding carboxylic acids is 2. The van der Waals surface area contributed by atoms with Gasteiger partial charge in [-0.1, -0.05) is 22.0 Å². The van der Waals surface area contributed by atoms with Gasteiger partial charge in [0.15, 0.2) is 0 Å². The van der Waals surface area contributed by atoms with Crippen LogP contribution in [0.5, 0.6) is 0 Å². The lowest BCUT2D eigenvalue weighted by Gasteiger charge is -2.31. The van der Waals surface area contributed by atoms with E-state index in [2.05, 4.69) is 22.0 Å². The average molecular weight is 376 g/mol. The summed E-state index contributed by atoms with van der Waals surface area (Å²) in [4.78, 5) is 28.4. The number of nitrogens with zero attached hydrogens (tertiary/aromatic N) is 3. The molecule has 2 aliphatic rings. The Labute approximate surface area is 144 Å². The molecule has 23 heavy (non-hydrogen) atoms. The first-order valence-electron chi connectivity index (χ1n) is 7.83. The number of likely N-dealkylation sites (tertiary alicyclic amines) is 1. The van der Waals surface area contributed by atoms with Crippen LogP contribution in [0.1, 0.15) is 19.3 Å². The highest BCUT2D eigenvalue weighted by Gasteiger charge is 2.38. The van der Waals surface area contributed by atoms with Crippen molar-refractivity contribution in [1.29, 1.82) is 5.26 Å². The van der Waals surface area contributed by atoms with Gasteiger partial charge in [0.1, 0.15) is 0 Å². The molecule has 1 atom stereocenters. The molecule has 1 aromatic rings. The van der Waals surface area contributed by atoms with Crippen LogP contribution in [0.25, 0.3) is 0 Å². The second kappa shape index (κ2) is 6.71. The molecular formula is C17H18BrN3O2. The van der Waals surface area contributed by atoms with Gasteiger partial charge in [-0.2, -0.15) is 5.26 Å². The lowest BCUT2D eigenvalue weighted by atomic mass is 9.97. The van der Waals surface area contributed by atoms with Gasteiger partial charge >= 0.3 is 0 Å². The molecule has 5 nitrogen and oxygen atoms in total. The second-order valence-corrected chi connectivity index (χ2v) is 7.03. The largest absolute Gasteiger partial charge is 0.342 e. The molecular weight excluding hydrogens is 358 g/mol. The zero-order valence-electron chi connectivity index (χ0n) is 12.7. The molecule has 2 amide bonds. The fraction of sp³-hybridized carbons (Fsp3) is 0.471. The van der Waals surface area contributed by atoms with Gasteiger partial charge in [0.25, 0.3) is 0 Å². The van der Waals surface area contributed by atoms with Crippen molar-refractivity contribution in [2.75, 3.05) is 24.5 Å². The fourth-order valence-electron chi connectivity index (χ4n) is 3.25. The third-order valence-corrected chi connectivity index (χ3v) is 5.08. The van der Waals surface area contributed by atoms with Crippen LogP contribution in [0.4, 0.5) is 5.69 Å². The molecule has 1 aromatic carbocycles. The summed E-state index contributed by atoms with van der Waals surface area (Å²) < 4.78 is 0.913. The van der Waals surface area contributed by atoms with Gasteiger partial charge < -0.3 is 9.80 Å². The molecule has 0 spiro atoms. The van der Waals surface area contributed by atoms with Crippen molar-refractivity contribution in [3.63, 3.8) is 0 Å². The number of hydrogen-bond acceptors (Lipinski definition) is 3. The van der Waals surface area contributed by atoms with Gasteiger partial charge in [-0.15, -0.1) is 0 Å². The smallest absolute Gasteiger partial charge is 0.228 e. The second-order valence-electron chi connectivity index (χ2n) is 6.11. The van der Waals surface area contributed by atoms with Crippen molar-refractivity contribution in [2.24, 2.45) is 11.8 Å². The molecule has 0 bridgehead atoms. The van der Waals surface area contributed by atoms with Crippen LogP contribution in [0, 0.1) is 23.2 Å². The van der Waals surface area contributed by atoms with E-state index in [0.717, 1.165) is 23.0 Å². The summed E-state index contributed by atoms with van der Waals surface area (Å²) in [5.74, 6) is -0.178. The van der Waals surface area contributed by atoms with Crippen LogP contribution in [0.3, 0.4) is 0 Å². The van der Waals surface area contributed by atoms with Crippen LogP contribution in [-0.2, 0) is 9.59 Å². The molecule has 0 radical (unpaired) electrons. The summed E-state index contributed by atoms with van der Waals surface area (Å²) in [5.41, 5.74) is 0.822. The molecule has 0 saturated carbocycles. The number of halogens is 1. The van der Waals surface area contributed by atoms with Crippen LogP contribution < -0.4 is 4.90 Å². The Morgan fingerprint density at radius 2 is 2.04 bits per heavy atom.